The van der Waals surface area contributed by atoms with Crippen LogP contribution in [0.2, 0.25) is 0 Å². The Bertz CT molecular complexity index is 347. The minimum absolute atomic E-state index is 0.0116. The molecule has 0 saturated heterocycles. The number of carbonyl (C=O) groups excluding carboxylic acids is 1. The first-order valence-corrected chi connectivity index (χ1v) is 6.21. The molecular weight excluding hydrogens is 262 g/mol. The van der Waals surface area contributed by atoms with Gasteiger partial charge in [-0.15, -0.1) is 0 Å². The van der Waals surface area contributed by atoms with Crippen molar-refractivity contribution in [1.82, 2.24) is 4.90 Å². The van der Waals surface area contributed by atoms with E-state index in [4.69, 9.17) is 9.84 Å². The van der Waals surface area contributed by atoms with E-state index in [1.54, 1.807) is 6.92 Å². The lowest BCUT2D eigenvalue weighted by Gasteiger charge is -2.09. The van der Waals surface area contributed by atoms with Gasteiger partial charge in [0.2, 0.25) is 0 Å². The Labute approximate surface area is 120 Å². The van der Waals surface area contributed by atoms with Crippen LogP contribution < -0.4 is 0 Å². The molecule has 0 spiro atoms. The number of methoxy groups -OCH3 is 1. The van der Waals surface area contributed by atoms with Crippen LogP contribution in [-0.2, 0) is 19.1 Å². The Kier molecular flexibility index (Phi) is 12.5. The summed E-state index contributed by atoms with van der Waals surface area (Å²) in [5.74, 6) is -1.32. The molecule has 20 heavy (non-hydrogen) atoms. The summed E-state index contributed by atoms with van der Waals surface area (Å²) in [6, 6.07) is 0. The Morgan fingerprint density at radius 2 is 1.90 bits per heavy atom. The van der Waals surface area contributed by atoms with E-state index in [0.29, 0.717) is 18.6 Å². The predicted molar refractivity (Wildman–Crippen MR) is 77.3 cm³/mol. The zero-order valence-electron chi connectivity index (χ0n) is 12.9. The number of allylic oxidation sites excluding steroid dienone is 1. The van der Waals surface area contributed by atoms with Crippen LogP contribution >= 0.6 is 0 Å². The summed E-state index contributed by atoms with van der Waals surface area (Å²) >= 11 is 0. The molecule has 116 valence electrons. The fourth-order valence-electron chi connectivity index (χ4n) is 0.887. The predicted octanol–water partition coefficient (Wildman–Crippen LogP) is 1.68. The van der Waals surface area contributed by atoms with E-state index in [1.807, 2.05) is 25.9 Å². The third-order valence-corrected chi connectivity index (χ3v) is 1.94. The second-order valence-corrected chi connectivity index (χ2v) is 4.21. The van der Waals surface area contributed by atoms with Gasteiger partial charge in [-0.25, -0.2) is 9.59 Å². The molecule has 0 amide bonds. The lowest BCUT2D eigenvalue weighted by atomic mass is 10.4. The van der Waals surface area contributed by atoms with Crippen molar-refractivity contribution in [2.24, 2.45) is 0 Å². The lowest BCUT2D eigenvalue weighted by Crippen LogP contribution is -2.20. The van der Waals surface area contributed by atoms with Gasteiger partial charge in [-0.3, -0.25) is 0 Å². The van der Waals surface area contributed by atoms with Crippen LogP contribution in [0.4, 0.5) is 0 Å². The molecule has 6 nitrogen and oxygen atoms in total. The number of hydrogen-bond acceptors (Lipinski definition) is 5. The number of aliphatic carboxylic acids is 1. The maximum Gasteiger partial charge on any atom is 0.370 e. The van der Waals surface area contributed by atoms with Gasteiger partial charge in [-0.05, 0) is 33.5 Å². The number of rotatable bonds is 7. The third-order valence-electron chi connectivity index (χ3n) is 1.94. The number of nitrogens with zero attached hydrogens (tertiary/aromatic N) is 1. The highest BCUT2D eigenvalue weighted by molar-refractivity contribution is 5.86. The van der Waals surface area contributed by atoms with Crippen molar-refractivity contribution in [2.75, 3.05) is 34.4 Å². The van der Waals surface area contributed by atoms with Gasteiger partial charge in [0.25, 0.3) is 0 Å². The van der Waals surface area contributed by atoms with Crippen molar-refractivity contribution in [3.8, 4) is 0 Å². The monoisotopic (exact) mass is 287 g/mol. The summed E-state index contributed by atoms with van der Waals surface area (Å²) < 4.78 is 9.35. The van der Waals surface area contributed by atoms with Crippen LogP contribution in [0, 0.1) is 0 Å². The normalized spacial score (nSPS) is 10.4. The van der Waals surface area contributed by atoms with Gasteiger partial charge in [-0.1, -0.05) is 13.5 Å². The first-order chi connectivity index (χ1) is 9.26. The molecule has 0 aliphatic rings. The summed E-state index contributed by atoms with van der Waals surface area (Å²) in [6.45, 7) is 8.13. The zero-order valence-corrected chi connectivity index (χ0v) is 12.9. The fraction of sp³-hybridized carbons (Fsp3) is 0.571. The summed E-state index contributed by atoms with van der Waals surface area (Å²) in [4.78, 5) is 22.9. The molecule has 0 radical (unpaired) electrons. The number of hydrogen-bond donors (Lipinski definition) is 1. The lowest BCUT2D eigenvalue weighted by molar-refractivity contribution is -0.139. The first-order valence-electron chi connectivity index (χ1n) is 6.21. The standard InChI is InChI=1S/C8H15NO2.C6H10O3/c1-7(2)8(10)11-6-5-9(3)4;1-3-4-5(9-2)6(7)8/h1,5-6H2,2-4H3;4H,3H2,1-2H3,(H,7,8). The van der Waals surface area contributed by atoms with Crippen LogP contribution in [0.5, 0.6) is 0 Å². The van der Waals surface area contributed by atoms with Gasteiger partial charge in [0.05, 0.1) is 7.11 Å². The van der Waals surface area contributed by atoms with Crippen LogP contribution in [0.15, 0.2) is 24.0 Å². The van der Waals surface area contributed by atoms with Crippen molar-refractivity contribution >= 4 is 11.9 Å². The average Bonchev–Trinajstić information content (AvgIpc) is 2.35. The molecule has 6 heteroatoms. The molecule has 0 atom stereocenters. The molecule has 1 N–H and O–H groups in total. The zero-order chi connectivity index (χ0) is 16.1. The molecular formula is C14H25NO5. The smallest absolute Gasteiger partial charge is 0.370 e. The molecule has 0 aromatic rings. The van der Waals surface area contributed by atoms with Gasteiger partial charge in [0.15, 0.2) is 5.76 Å². The quantitative estimate of drug-likeness (QED) is 0.436. The summed E-state index contributed by atoms with van der Waals surface area (Å²) in [5.41, 5.74) is 0.448. The van der Waals surface area contributed by atoms with Crippen molar-refractivity contribution in [3.63, 3.8) is 0 Å². The Hall–Kier alpha value is -1.82. The molecule has 0 saturated carbocycles. The summed E-state index contributed by atoms with van der Waals surface area (Å²) in [6.07, 6.45) is 2.19. The second-order valence-electron chi connectivity index (χ2n) is 4.21. The summed E-state index contributed by atoms with van der Waals surface area (Å²) in [7, 11) is 5.19. The number of esters is 1. The van der Waals surface area contributed by atoms with Crippen LogP contribution in [-0.4, -0.2) is 56.3 Å². The Balaban J connectivity index is 0. The maximum atomic E-state index is 10.8. The highest BCUT2D eigenvalue weighted by atomic mass is 16.5. The van der Waals surface area contributed by atoms with Crippen LogP contribution in [0.3, 0.4) is 0 Å². The Morgan fingerprint density at radius 3 is 2.15 bits per heavy atom. The van der Waals surface area contributed by atoms with Gasteiger partial charge in [0, 0.05) is 12.1 Å². The van der Waals surface area contributed by atoms with E-state index in [2.05, 4.69) is 11.3 Å². The molecule has 0 aromatic carbocycles. The molecule has 0 aliphatic carbocycles. The average molecular weight is 287 g/mol. The number of carboxylic acid groups (broad SMARTS) is 1. The number of carboxylic acids is 1. The summed E-state index contributed by atoms with van der Waals surface area (Å²) in [5, 5.41) is 8.31. The topological polar surface area (TPSA) is 76.1 Å². The van der Waals surface area contributed by atoms with Crippen molar-refractivity contribution < 1.29 is 24.2 Å². The highest BCUT2D eigenvalue weighted by Gasteiger charge is 2.03. The van der Waals surface area contributed by atoms with E-state index < -0.39 is 5.97 Å². The van der Waals surface area contributed by atoms with E-state index in [9.17, 15) is 9.59 Å². The fourth-order valence-corrected chi connectivity index (χ4v) is 0.887. The highest BCUT2D eigenvalue weighted by Crippen LogP contribution is 1.96. The van der Waals surface area contributed by atoms with Gasteiger partial charge in [-0.2, -0.15) is 0 Å². The first kappa shape index (κ1) is 20.5. The van der Waals surface area contributed by atoms with Crippen LogP contribution in [0.1, 0.15) is 20.3 Å². The number of ether oxygens (including phenoxy) is 2. The Morgan fingerprint density at radius 1 is 1.35 bits per heavy atom. The van der Waals surface area contributed by atoms with Gasteiger partial charge in [0.1, 0.15) is 6.61 Å². The second kappa shape index (κ2) is 12.2. The molecule has 0 bridgehead atoms. The molecule has 0 aromatic heterocycles. The molecule has 0 heterocycles. The van der Waals surface area contributed by atoms with Crippen molar-refractivity contribution in [2.45, 2.75) is 20.3 Å². The number of likely N-dealkylation sites (N-methyl/N-ethyl adjacent to an activating group) is 1. The largest absolute Gasteiger partial charge is 0.490 e. The van der Waals surface area contributed by atoms with E-state index in [1.165, 1.54) is 13.2 Å². The van der Waals surface area contributed by atoms with Gasteiger partial charge >= 0.3 is 11.9 Å². The molecule has 0 rings (SSSR count). The SMILES string of the molecule is C=C(C)C(=O)OCCN(C)C.CCC=C(OC)C(=O)O. The number of carbonyl (C=O) groups is 2. The molecule has 0 fully saturated rings. The van der Waals surface area contributed by atoms with E-state index in [-0.39, 0.29) is 11.7 Å². The minimum atomic E-state index is -1.01. The maximum absolute atomic E-state index is 10.8. The minimum Gasteiger partial charge on any atom is -0.490 e. The molecule has 0 unspecified atom stereocenters. The van der Waals surface area contributed by atoms with E-state index >= 15 is 0 Å². The van der Waals surface area contributed by atoms with Crippen LogP contribution in [0.25, 0.3) is 0 Å². The van der Waals surface area contributed by atoms with E-state index in [0.717, 1.165) is 6.54 Å². The van der Waals surface area contributed by atoms with Crippen molar-refractivity contribution in [1.29, 1.82) is 0 Å². The van der Waals surface area contributed by atoms with Crippen molar-refractivity contribution in [3.05, 3.63) is 24.0 Å². The third kappa shape index (κ3) is 12.6. The van der Waals surface area contributed by atoms with Gasteiger partial charge < -0.3 is 19.5 Å². The molecule has 0 aliphatic heterocycles.